The summed E-state index contributed by atoms with van der Waals surface area (Å²) in [7, 11) is 0. The molecule has 2 saturated heterocycles. The molecule has 0 unspecified atom stereocenters. The van der Waals surface area contributed by atoms with E-state index in [1.807, 2.05) is 0 Å². The van der Waals surface area contributed by atoms with E-state index in [1.54, 1.807) is 0 Å². The van der Waals surface area contributed by atoms with E-state index >= 15 is 0 Å². The second-order valence-corrected chi connectivity index (χ2v) is 6.17. The summed E-state index contributed by atoms with van der Waals surface area (Å²) in [5.74, 6) is -1.65. The van der Waals surface area contributed by atoms with Crippen LogP contribution in [0.3, 0.4) is 0 Å². The number of aromatic amines is 1. The molecule has 0 aromatic carbocycles. The van der Waals surface area contributed by atoms with Crippen LogP contribution >= 0.6 is 0 Å². The Kier molecular flexibility index (Phi) is 5.08. The molecule has 4 amide bonds. The summed E-state index contributed by atoms with van der Waals surface area (Å²) < 4.78 is 0. The van der Waals surface area contributed by atoms with Crippen LogP contribution < -0.4 is 21.3 Å². The quantitative estimate of drug-likeness (QED) is 0.366. The molecule has 1 aromatic heterocycles. The highest BCUT2D eigenvalue weighted by molar-refractivity contribution is 6.03. The van der Waals surface area contributed by atoms with Gasteiger partial charge in [-0.25, -0.2) is 4.98 Å². The van der Waals surface area contributed by atoms with Crippen LogP contribution in [0.4, 0.5) is 0 Å². The van der Waals surface area contributed by atoms with Gasteiger partial charge in [0, 0.05) is 18.3 Å². The van der Waals surface area contributed by atoms with Gasteiger partial charge in [-0.2, -0.15) is 0 Å². The van der Waals surface area contributed by atoms with E-state index in [1.165, 1.54) is 12.5 Å². The molecule has 3 heterocycles. The number of hydrogen-bond donors (Lipinski definition) is 5. The fraction of sp³-hybridized carbons (Fsp3) is 0.533. The molecule has 10 nitrogen and oxygen atoms in total. The summed E-state index contributed by atoms with van der Waals surface area (Å²) in [6, 6.07) is -1.98. The smallest absolute Gasteiger partial charge is 0.249 e. The van der Waals surface area contributed by atoms with Gasteiger partial charge < -0.3 is 20.9 Å². The van der Waals surface area contributed by atoms with E-state index in [4.69, 9.17) is 0 Å². The van der Waals surface area contributed by atoms with Crippen LogP contribution in [-0.4, -0.2) is 58.3 Å². The van der Waals surface area contributed by atoms with Crippen molar-refractivity contribution >= 4 is 23.6 Å². The Hall–Kier alpha value is -2.75. The van der Waals surface area contributed by atoms with Crippen molar-refractivity contribution in [2.75, 3.05) is 6.54 Å². The summed E-state index contributed by atoms with van der Waals surface area (Å²) in [6.07, 6.45) is 4.80. The lowest BCUT2D eigenvalue weighted by atomic mass is 10.0. The van der Waals surface area contributed by atoms with E-state index < -0.39 is 35.8 Å². The van der Waals surface area contributed by atoms with Crippen molar-refractivity contribution in [2.24, 2.45) is 0 Å². The van der Waals surface area contributed by atoms with Crippen LogP contribution in [0, 0.1) is 0 Å². The van der Waals surface area contributed by atoms with Gasteiger partial charge >= 0.3 is 0 Å². The summed E-state index contributed by atoms with van der Waals surface area (Å²) in [5, 5.41) is 10.4. The third-order valence-electron chi connectivity index (χ3n) is 4.28. The number of aromatic nitrogens is 2. The lowest BCUT2D eigenvalue weighted by molar-refractivity contribution is -0.139. The SMILES string of the molecule is O=C1C[C@@H](C(=O)N[C@@H](Cc2cnc[nH]2)C(=O)NC(=O)[C@@H]2CCCN2)N1. The number of carbonyl (C=O) groups is 4. The minimum absolute atomic E-state index is 0.0924. The van der Waals surface area contributed by atoms with Gasteiger partial charge in [0.1, 0.15) is 12.1 Å². The predicted molar refractivity (Wildman–Crippen MR) is 84.9 cm³/mol. The molecule has 2 aliphatic rings. The number of amides is 4. The molecular weight excluding hydrogens is 328 g/mol. The number of carbonyl (C=O) groups excluding carboxylic acids is 4. The van der Waals surface area contributed by atoms with Crippen LogP contribution in [0.5, 0.6) is 0 Å². The zero-order valence-electron chi connectivity index (χ0n) is 13.5. The fourth-order valence-electron chi connectivity index (χ4n) is 2.82. The number of β-lactam (4-membered cyclic amide) rings is 1. The maximum atomic E-state index is 12.5. The first-order chi connectivity index (χ1) is 12.0. The standard InChI is InChI=1S/C15H20N6O4/c22-12-5-11(19-12)14(24)20-10(4-8-6-16-7-18-8)15(25)21-13(23)9-2-1-3-17-9/h6-7,9-11,17H,1-5H2,(H,16,18)(H,19,22)(H,20,24)(H,21,23,25)/t9-,10-,11-/m0/s1. The van der Waals surface area contributed by atoms with Crippen LogP contribution in [0.1, 0.15) is 25.0 Å². The normalized spacial score (nSPS) is 23.3. The minimum Gasteiger partial charge on any atom is -0.348 e. The van der Waals surface area contributed by atoms with Gasteiger partial charge in [0.25, 0.3) is 0 Å². The highest BCUT2D eigenvalue weighted by Crippen LogP contribution is 2.07. The van der Waals surface area contributed by atoms with Crippen LogP contribution in [0.25, 0.3) is 0 Å². The number of hydrogen-bond acceptors (Lipinski definition) is 6. The van der Waals surface area contributed by atoms with Crippen molar-refractivity contribution in [1.29, 1.82) is 0 Å². The van der Waals surface area contributed by atoms with E-state index in [2.05, 4.69) is 31.2 Å². The largest absolute Gasteiger partial charge is 0.348 e. The Balaban J connectivity index is 1.62. The number of nitrogens with one attached hydrogen (secondary N) is 5. The molecule has 1 aromatic rings. The second-order valence-electron chi connectivity index (χ2n) is 6.17. The second kappa shape index (κ2) is 7.43. The van der Waals surface area contributed by atoms with Crippen LogP contribution in [-0.2, 0) is 25.6 Å². The van der Waals surface area contributed by atoms with Crippen molar-refractivity contribution in [3.05, 3.63) is 18.2 Å². The van der Waals surface area contributed by atoms with Gasteiger partial charge in [0.2, 0.25) is 23.6 Å². The molecule has 0 aliphatic carbocycles. The number of H-pyrrole nitrogens is 1. The minimum atomic E-state index is -0.948. The molecule has 5 N–H and O–H groups in total. The van der Waals surface area contributed by atoms with E-state index in [0.717, 1.165) is 13.0 Å². The molecular formula is C15H20N6O4. The monoisotopic (exact) mass is 348 g/mol. The van der Waals surface area contributed by atoms with Crippen LogP contribution in [0.15, 0.2) is 12.5 Å². The average molecular weight is 348 g/mol. The third kappa shape index (κ3) is 4.21. The molecule has 0 radical (unpaired) electrons. The van der Waals surface area contributed by atoms with Crippen molar-refractivity contribution in [3.8, 4) is 0 Å². The highest BCUT2D eigenvalue weighted by Gasteiger charge is 2.35. The zero-order valence-corrected chi connectivity index (χ0v) is 13.5. The number of nitrogens with zero attached hydrogens (tertiary/aromatic N) is 1. The summed E-state index contributed by atoms with van der Waals surface area (Å²) in [5.41, 5.74) is 0.643. The maximum absolute atomic E-state index is 12.5. The van der Waals surface area contributed by atoms with Crippen molar-refractivity contribution in [1.82, 2.24) is 31.2 Å². The Labute approximate surface area is 143 Å². The van der Waals surface area contributed by atoms with Crippen molar-refractivity contribution in [3.63, 3.8) is 0 Å². The van der Waals surface area contributed by atoms with Gasteiger partial charge in [0.15, 0.2) is 0 Å². The molecule has 25 heavy (non-hydrogen) atoms. The summed E-state index contributed by atoms with van der Waals surface area (Å²) in [4.78, 5) is 54.4. The average Bonchev–Trinajstić information content (AvgIpc) is 3.24. The summed E-state index contributed by atoms with van der Waals surface area (Å²) in [6.45, 7) is 0.738. The topological polar surface area (TPSA) is 145 Å². The molecule has 134 valence electrons. The maximum Gasteiger partial charge on any atom is 0.249 e. The predicted octanol–water partition coefficient (Wildman–Crippen LogP) is -2.28. The number of imidazole rings is 1. The Morgan fingerprint density at radius 1 is 1.28 bits per heavy atom. The van der Waals surface area contributed by atoms with E-state index in [9.17, 15) is 19.2 Å². The molecule has 10 heteroatoms. The molecule has 3 rings (SSSR count). The molecule has 2 aliphatic heterocycles. The highest BCUT2D eigenvalue weighted by atomic mass is 16.2. The Morgan fingerprint density at radius 2 is 2.08 bits per heavy atom. The van der Waals surface area contributed by atoms with Gasteiger partial charge in [-0.05, 0) is 19.4 Å². The first-order valence-corrected chi connectivity index (χ1v) is 8.18. The molecule has 0 saturated carbocycles. The Morgan fingerprint density at radius 3 is 2.68 bits per heavy atom. The zero-order chi connectivity index (χ0) is 17.8. The first kappa shape index (κ1) is 17.1. The van der Waals surface area contributed by atoms with Gasteiger partial charge in [-0.1, -0.05) is 0 Å². The molecule has 0 spiro atoms. The van der Waals surface area contributed by atoms with Gasteiger partial charge in [-0.3, -0.25) is 24.5 Å². The lowest BCUT2D eigenvalue weighted by Gasteiger charge is -2.28. The summed E-state index contributed by atoms with van der Waals surface area (Å²) >= 11 is 0. The number of imide groups is 1. The van der Waals surface area contributed by atoms with Crippen molar-refractivity contribution in [2.45, 2.75) is 43.8 Å². The van der Waals surface area contributed by atoms with Gasteiger partial charge in [-0.15, -0.1) is 0 Å². The number of rotatable bonds is 6. The van der Waals surface area contributed by atoms with Crippen molar-refractivity contribution < 1.29 is 19.2 Å². The van der Waals surface area contributed by atoms with Gasteiger partial charge in [0.05, 0.1) is 18.8 Å². The lowest BCUT2D eigenvalue weighted by Crippen LogP contribution is -2.61. The Bertz CT molecular complexity index is 660. The fourth-order valence-corrected chi connectivity index (χ4v) is 2.82. The van der Waals surface area contributed by atoms with E-state index in [0.29, 0.717) is 12.1 Å². The molecule has 2 fully saturated rings. The first-order valence-electron chi connectivity index (χ1n) is 8.18. The molecule has 0 bridgehead atoms. The van der Waals surface area contributed by atoms with E-state index in [-0.39, 0.29) is 18.7 Å². The molecule has 3 atom stereocenters. The third-order valence-corrected chi connectivity index (χ3v) is 4.28. The van der Waals surface area contributed by atoms with Crippen LogP contribution in [0.2, 0.25) is 0 Å².